The van der Waals surface area contributed by atoms with E-state index in [9.17, 15) is 18.4 Å². The normalized spacial score (nSPS) is 17.0. The summed E-state index contributed by atoms with van der Waals surface area (Å²) in [4.78, 5) is 26.6. The number of piperidine rings is 1. The zero-order valence-corrected chi connectivity index (χ0v) is 14.6. The highest BCUT2D eigenvalue weighted by Gasteiger charge is 2.29. The fraction of sp³-hybridized carbons (Fsp3) is 0.263. The second-order valence-electron chi connectivity index (χ2n) is 6.22. The first-order valence-corrected chi connectivity index (χ1v) is 8.62. The second-order valence-corrected chi connectivity index (χ2v) is 6.65. The van der Waals surface area contributed by atoms with Crippen LogP contribution in [0.2, 0.25) is 5.02 Å². The van der Waals surface area contributed by atoms with Crippen LogP contribution in [0.25, 0.3) is 0 Å². The van der Waals surface area contributed by atoms with Gasteiger partial charge in [-0.15, -0.1) is 0 Å². The summed E-state index contributed by atoms with van der Waals surface area (Å²) in [6.45, 7) is 0.841. The fourth-order valence-electron chi connectivity index (χ4n) is 2.97. The highest BCUT2D eigenvalue weighted by Crippen LogP contribution is 2.22. The van der Waals surface area contributed by atoms with Gasteiger partial charge in [-0.05, 0) is 49.2 Å². The zero-order valence-electron chi connectivity index (χ0n) is 13.8. The summed E-state index contributed by atoms with van der Waals surface area (Å²) in [6.07, 6.45) is 1.31. The van der Waals surface area contributed by atoms with Crippen molar-refractivity contribution in [1.82, 2.24) is 4.90 Å². The average molecular weight is 379 g/mol. The van der Waals surface area contributed by atoms with Gasteiger partial charge in [-0.25, -0.2) is 8.78 Å². The predicted molar refractivity (Wildman–Crippen MR) is 95.1 cm³/mol. The number of likely N-dealkylation sites (tertiary alicyclic amines) is 1. The van der Waals surface area contributed by atoms with Crippen LogP contribution in [0.1, 0.15) is 23.2 Å². The third-order valence-corrected chi connectivity index (χ3v) is 4.61. The molecule has 2 aromatic rings. The van der Waals surface area contributed by atoms with Crippen molar-refractivity contribution >= 4 is 29.1 Å². The summed E-state index contributed by atoms with van der Waals surface area (Å²) in [5, 5.41) is 3.13. The maximum absolute atomic E-state index is 13.3. The number of rotatable bonds is 3. The van der Waals surface area contributed by atoms with Gasteiger partial charge in [0.15, 0.2) is 11.6 Å². The van der Waals surface area contributed by atoms with E-state index < -0.39 is 17.6 Å². The van der Waals surface area contributed by atoms with Gasteiger partial charge < -0.3 is 10.2 Å². The molecule has 0 radical (unpaired) electrons. The first kappa shape index (κ1) is 18.3. The summed E-state index contributed by atoms with van der Waals surface area (Å²) in [5.41, 5.74) is 0.700. The van der Waals surface area contributed by atoms with E-state index in [1.54, 1.807) is 29.2 Å². The molecule has 1 aliphatic heterocycles. The molecule has 26 heavy (non-hydrogen) atoms. The molecule has 1 aliphatic rings. The molecular weight excluding hydrogens is 362 g/mol. The maximum Gasteiger partial charge on any atom is 0.253 e. The van der Waals surface area contributed by atoms with Gasteiger partial charge in [-0.1, -0.05) is 11.6 Å². The number of anilines is 1. The summed E-state index contributed by atoms with van der Waals surface area (Å²) >= 11 is 5.84. The minimum atomic E-state index is -1.02. The average Bonchev–Trinajstić information content (AvgIpc) is 2.65. The Morgan fingerprint density at radius 2 is 1.81 bits per heavy atom. The maximum atomic E-state index is 13.3. The summed E-state index contributed by atoms with van der Waals surface area (Å²) in [6, 6.07) is 9.79. The SMILES string of the molecule is O=C(Nc1ccc(F)c(F)c1)[C@H]1CCCN(C(=O)c2ccc(Cl)cc2)C1. The van der Waals surface area contributed by atoms with E-state index >= 15 is 0 Å². The fourth-order valence-corrected chi connectivity index (χ4v) is 3.09. The molecule has 1 N–H and O–H groups in total. The highest BCUT2D eigenvalue weighted by molar-refractivity contribution is 6.30. The van der Waals surface area contributed by atoms with Crippen molar-refractivity contribution in [2.24, 2.45) is 5.92 Å². The Hall–Kier alpha value is -2.47. The van der Waals surface area contributed by atoms with E-state index in [1.807, 2.05) is 0 Å². The summed E-state index contributed by atoms with van der Waals surface area (Å²) in [5.74, 6) is -2.88. The molecule has 7 heteroatoms. The molecule has 0 saturated carbocycles. The van der Waals surface area contributed by atoms with Crippen molar-refractivity contribution in [1.29, 1.82) is 0 Å². The number of halogens is 3. The molecule has 2 amide bonds. The van der Waals surface area contributed by atoms with Crippen LogP contribution in [0.5, 0.6) is 0 Å². The quantitative estimate of drug-likeness (QED) is 0.873. The largest absolute Gasteiger partial charge is 0.338 e. The molecule has 3 rings (SSSR count). The smallest absolute Gasteiger partial charge is 0.253 e. The molecule has 2 aromatic carbocycles. The molecule has 0 aliphatic carbocycles. The van der Waals surface area contributed by atoms with Gasteiger partial charge in [-0.3, -0.25) is 9.59 Å². The van der Waals surface area contributed by atoms with Gasteiger partial charge in [0.05, 0.1) is 5.92 Å². The molecule has 1 fully saturated rings. The van der Waals surface area contributed by atoms with E-state index in [1.165, 1.54) is 6.07 Å². The summed E-state index contributed by atoms with van der Waals surface area (Å²) < 4.78 is 26.2. The molecule has 136 valence electrons. The van der Waals surface area contributed by atoms with E-state index in [0.29, 0.717) is 30.0 Å². The number of benzene rings is 2. The van der Waals surface area contributed by atoms with Gasteiger partial charge >= 0.3 is 0 Å². The van der Waals surface area contributed by atoms with Crippen LogP contribution in [-0.2, 0) is 4.79 Å². The molecule has 1 heterocycles. The second kappa shape index (κ2) is 7.83. The van der Waals surface area contributed by atoms with Crippen molar-refractivity contribution < 1.29 is 18.4 Å². The van der Waals surface area contributed by atoms with E-state index in [0.717, 1.165) is 12.1 Å². The Bertz CT molecular complexity index is 827. The Morgan fingerprint density at radius 3 is 2.50 bits per heavy atom. The first-order valence-electron chi connectivity index (χ1n) is 8.25. The zero-order chi connectivity index (χ0) is 18.7. The molecule has 0 bridgehead atoms. The Morgan fingerprint density at radius 1 is 1.08 bits per heavy atom. The Labute approximate surface area is 154 Å². The number of hydrogen-bond acceptors (Lipinski definition) is 2. The topological polar surface area (TPSA) is 49.4 Å². The highest BCUT2D eigenvalue weighted by atomic mass is 35.5. The van der Waals surface area contributed by atoms with E-state index in [4.69, 9.17) is 11.6 Å². The van der Waals surface area contributed by atoms with Crippen molar-refractivity contribution in [2.45, 2.75) is 12.8 Å². The van der Waals surface area contributed by atoms with Crippen molar-refractivity contribution in [2.75, 3.05) is 18.4 Å². The van der Waals surface area contributed by atoms with Gasteiger partial charge in [0.25, 0.3) is 5.91 Å². The molecule has 0 unspecified atom stereocenters. The number of carbonyl (C=O) groups is 2. The van der Waals surface area contributed by atoms with Gasteiger partial charge in [0.1, 0.15) is 0 Å². The lowest BCUT2D eigenvalue weighted by Crippen LogP contribution is -2.43. The van der Waals surface area contributed by atoms with Crippen LogP contribution in [0, 0.1) is 17.6 Å². The minimum Gasteiger partial charge on any atom is -0.338 e. The predicted octanol–water partition coefficient (Wildman–Crippen LogP) is 4.11. The first-order chi connectivity index (χ1) is 12.4. The molecule has 0 aromatic heterocycles. The van der Waals surface area contributed by atoms with Crippen LogP contribution in [0.3, 0.4) is 0 Å². The molecule has 1 saturated heterocycles. The summed E-state index contributed by atoms with van der Waals surface area (Å²) in [7, 11) is 0. The van der Waals surface area contributed by atoms with Crippen molar-refractivity contribution in [3.8, 4) is 0 Å². The Kier molecular flexibility index (Phi) is 5.52. The third kappa shape index (κ3) is 4.19. The third-order valence-electron chi connectivity index (χ3n) is 4.36. The van der Waals surface area contributed by atoms with Gasteiger partial charge in [0, 0.05) is 35.4 Å². The number of hydrogen-bond donors (Lipinski definition) is 1. The lowest BCUT2D eigenvalue weighted by atomic mass is 9.96. The molecular formula is C19H17ClF2N2O2. The van der Waals surface area contributed by atoms with Crippen LogP contribution in [0.15, 0.2) is 42.5 Å². The van der Waals surface area contributed by atoms with Gasteiger partial charge in [-0.2, -0.15) is 0 Å². The number of nitrogens with one attached hydrogen (secondary N) is 1. The lowest BCUT2D eigenvalue weighted by molar-refractivity contribution is -0.121. The standard InChI is InChI=1S/C19H17ClF2N2O2/c20-14-5-3-12(4-6-14)19(26)24-9-1-2-13(11-24)18(25)23-15-7-8-16(21)17(22)10-15/h3-8,10,13H,1-2,9,11H2,(H,23,25)/t13-/m0/s1. The van der Waals surface area contributed by atoms with Crippen LogP contribution >= 0.6 is 11.6 Å². The van der Waals surface area contributed by atoms with Crippen LogP contribution in [-0.4, -0.2) is 29.8 Å². The van der Waals surface area contributed by atoms with Crippen LogP contribution < -0.4 is 5.32 Å². The number of amides is 2. The minimum absolute atomic E-state index is 0.160. The van der Waals surface area contributed by atoms with Crippen LogP contribution in [0.4, 0.5) is 14.5 Å². The molecule has 1 atom stereocenters. The number of nitrogens with zero attached hydrogens (tertiary/aromatic N) is 1. The van der Waals surface area contributed by atoms with Gasteiger partial charge in [0.2, 0.25) is 5.91 Å². The van der Waals surface area contributed by atoms with E-state index in [-0.39, 0.29) is 24.0 Å². The van der Waals surface area contributed by atoms with E-state index in [2.05, 4.69) is 5.32 Å². The number of carbonyl (C=O) groups excluding carboxylic acids is 2. The lowest BCUT2D eigenvalue weighted by Gasteiger charge is -2.32. The molecule has 4 nitrogen and oxygen atoms in total. The Balaban J connectivity index is 1.65. The van der Waals surface area contributed by atoms with Crippen molar-refractivity contribution in [3.05, 3.63) is 64.7 Å². The van der Waals surface area contributed by atoms with Crippen molar-refractivity contribution in [3.63, 3.8) is 0 Å². The monoisotopic (exact) mass is 378 g/mol. The molecule has 0 spiro atoms.